The predicted molar refractivity (Wildman–Crippen MR) is 108 cm³/mol. The zero-order valence-electron chi connectivity index (χ0n) is 17.9. The Bertz CT molecular complexity index is 937. The van der Waals surface area contributed by atoms with Crippen LogP contribution in [0.3, 0.4) is 0 Å². The van der Waals surface area contributed by atoms with Crippen molar-refractivity contribution in [1.29, 1.82) is 0 Å². The molecule has 2 aliphatic rings. The molecule has 31 heavy (non-hydrogen) atoms. The summed E-state index contributed by atoms with van der Waals surface area (Å²) >= 11 is 0. The van der Waals surface area contributed by atoms with Gasteiger partial charge in [0.25, 0.3) is 5.91 Å². The van der Waals surface area contributed by atoms with E-state index in [0.717, 1.165) is 17.5 Å². The lowest BCUT2D eigenvalue weighted by molar-refractivity contribution is -0.175. The molecule has 1 saturated heterocycles. The average Bonchev–Trinajstić information content (AvgIpc) is 3.16. The number of halogens is 3. The molecular formula is C21H27F3N6O. The van der Waals surface area contributed by atoms with Gasteiger partial charge in [0.05, 0.1) is 17.3 Å². The maximum absolute atomic E-state index is 13.9. The van der Waals surface area contributed by atoms with Crippen LogP contribution in [-0.2, 0) is 0 Å². The van der Waals surface area contributed by atoms with Crippen LogP contribution in [0.25, 0.3) is 0 Å². The van der Waals surface area contributed by atoms with E-state index in [0.29, 0.717) is 30.0 Å². The number of nitrogens with one attached hydrogen (secondary N) is 1. The first kappa shape index (κ1) is 21.6. The minimum absolute atomic E-state index is 0.0875. The molecule has 7 nitrogen and oxygen atoms in total. The van der Waals surface area contributed by atoms with Gasteiger partial charge in [0.2, 0.25) is 0 Å². The smallest absolute Gasteiger partial charge is 0.367 e. The van der Waals surface area contributed by atoms with Gasteiger partial charge in [0.1, 0.15) is 12.1 Å². The Morgan fingerprint density at radius 3 is 2.52 bits per heavy atom. The van der Waals surface area contributed by atoms with Crippen molar-refractivity contribution < 1.29 is 18.0 Å². The third-order valence-corrected chi connectivity index (χ3v) is 6.17. The van der Waals surface area contributed by atoms with Crippen LogP contribution in [0.4, 0.5) is 19.0 Å². The van der Waals surface area contributed by atoms with Gasteiger partial charge in [-0.25, -0.2) is 14.6 Å². The number of carbonyl (C=O) groups excluding carboxylic acids is 1. The summed E-state index contributed by atoms with van der Waals surface area (Å²) in [5.74, 6) is 0.119. The number of aromatic nitrogens is 4. The van der Waals surface area contributed by atoms with Gasteiger partial charge in [0.15, 0.2) is 6.04 Å². The lowest BCUT2D eigenvalue weighted by Gasteiger charge is -2.39. The lowest BCUT2D eigenvalue weighted by atomic mass is 9.82. The number of rotatable bonds is 2. The summed E-state index contributed by atoms with van der Waals surface area (Å²) in [6.45, 7) is 6.29. The fourth-order valence-corrected chi connectivity index (χ4v) is 4.38. The Balaban J connectivity index is 1.69. The normalized spacial score (nSPS) is 24.5. The first-order valence-corrected chi connectivity index (χ1v) is 10.5. The van der Waals surface area contributed by atoms with E-state index in [9.17, 15) is 18.0 Å². The number of hydrogen-bond donors (Lipinski definition) is 1. The Kier molecular flexibility index (Phi) is 5.43. The topological polar surface area (TPSA) is 75.9 Å². The van der Waals surface area contributed by atoms with E-state index in [1.165, 1.54) is 18.7 Å². The molecule has 2 aromatic rings. The maximum atomic E-state index is 13.9. The van der Waals surface area contributed by atoms with Crippen LogP contribution in [0.1, 0.15) is 74.6 Å². The molecule has 3 atom stereocenters. The molecule has 0 bridgehead atoms. The summed E-state index contributed by atoms with van der Waals surface area (Å²) in [7, 11) is 0. The van der Waals surface area contributed by atoms with Crippen LogP contribution in [0.5, 0.6) is 0 Å². The van der Waals surface area contributed by atoms with Gasteiger partial charge >= 0.3 is 6.18 Å². The minimum Gasteiger partial charge on any atom is -0.367 e. The molecule has 1 amide bonds. The third-order valence-electron chi connectivity index (χ3n) is 6.17. The molecule has 0 saturated carbocycles. The van der Waals surface area contributed by atoms with Gasteiger partial charge in [0, 0.05) is 31.0 Å². The van der Waals surface area contributed by atoms with Crippen LogP contribution in [0.2, 0.25) is 0 Å². The highest BCUT2D eigenvalue weighted by atomic mass is 19.4. The summed E-state index contributed by atoms with van der Waals surface area (Å²) in [5.41, 5.74) is 0.493. The number of nitrogens with zero attached hydrogens (tertiary/aromatic N) is 5. The molecule has 1 fully saturated rings. The van der Waals surface area contributed by atoms with Crippen LogP contribution < -0.4 is 5.32 Å². The van der Waals surface area contributed by atoms with Crippen LogP contribution in [0.15, 0.2) is 24.8 Å². The summed E-state index contributed by atoms with van der Waals surface area (Å²) < 4.78 is 42.7. The van der Waals surface area contributed by atoms with E-state index in [1.807, 2.05) is 20.8 Å². The molecule has 0 unspecified atom stereocenters. The zero-order valence-corrected chi connectivity index (χ0v) is 17.9. The molecule has 10 heteroatoms. The molecule has 4 heterocycles. The Hall–Kier alpha value is -2.65. The van der Waals surface area contributed by atoms with E-state index in [4.69, 9.17) is 0 Å². The summed E-state index contributed by atoms with van der Waals surface area (Å²) in [4.78, 5) is 22.5. The molecule has 0 aliphatic carbocycles. The van der Waals surface area contributed by atoms with E-state index < -0.39 is 12.2 Å². The quantitative estimate of drug-likeness (QED) is 0.756. The number of hydrogen-bond acceptors (Lipinski definition) is 5. The van der Waals surface area contributed by atoms with Crippen molar-refractivity contribution in [2.45, 2.75) is 70.8 Å². The number of amides is 1. The largest absolute Gasteiger partial charge is 0.410 e. The highest BCUT2D eigenvalue weighted by molar-refractivity contribution is 5.94. The molecule has 2 aliphatic heterocycles. The average molecular weight is 436 g/mol. The Labute approximate surface area is 179 Å². The second-order valence-electron chi connectivity index (χ2n) is 9.39. The molecule has 0 aromatic carbocycles. The molecule has 2 aromatic heterocycles. The van der Waals surface area contributed by atoms with Gasteiger partial charge in [-0.15, -0.1) is 0 Å². The van der Waals surface area contributed by atoms with Gasteiger partial charge in [-0.1, -0.05) is 20.8 Å². The van der Waals surface area contributed by atoms with Crippen molar-refractivity contribution in [2.24, 2.45) is 5.41 Å². The second kappa shape index (κ2) is 7.80. The van der Waals surface area contributed by atoms with Crippen molar-refractivity contribution in [3.8, 4) is 0 Å². The number of anilines is 1. The predicted octanol–water partition coefficient (Wildman–Crippen LogP) is 4.37. The number of likely N-dealkylation sites (tertiary alicyclic amines) is 1. The first-order chi connectivity index (χ1) is 14.6. The van der Waals surface area contributed by atoms with Crippen molar-refractivity contribution in [2.75, 3.05) is 11.9 Å². The van der Waals surface area contributed by atoms with Crippen molar-refractivity contribution in [3.63, 3.8) is 0 Å². The molecule has 0 spiro atoms. The number of piperidine rings is 1. The molecule has 0 radical (unpaired) electrons. The fraction of sp³-hybridized carbons (Fsp3) is 0.619. The van der Waals surface area contributed by atoms with Crippen LogP contribution in [0, 0.1) is 5.41 Å². The minimum atomic E-state index is -4.41. The Morgan fingerprint density at radius 2 is 1.87 bits per heavy atom. The van der Waals surface area contributed by atoms with Crippen LogP contribution in [-0.4, -0.2) is 49.3 Å². The highest BCUT2D eigenvalue weighted by Gasteiger charge is 2.48. The summed E-state index contributed by atoms with van der Waals surface area (Å²) in [6.07, 6.45) is 2.12. The van der Waals surface area contributed by atoms with Crippen molar-refractivity contribution in [3.05, 3.63) is 36.0 Å². The van der Waals surface area contributed by atoms with E-state index in [1.54, 1.807) is 11.0 Å². The first-order valence-electron chi connectivity index (χ1n) is 10.5. The lowest BCUT2D eigenvalue weighted by Crippen LogP contribution is -2.44. The van der Waals surface area contributed by atoms with Crippen molar-refractivity contribution >= 4 is 11.7 Å². The Morgan fingerprint density at radius 1 is 1.16 bits per heavy atom. The third kappa shape index (κ3) is 4.24. The molecule has 168 valence electrons. The van der Waals surface area contributed by atoms with E-state index in [-0.39, 0.29) is 29.8 Å². The molecular weight excluding hydrogens is 409 g/mol. The van der Waals surface area contributed by atoms with Gasteiger partial charge in [-0.05, 0) is 31.1 Å². The maximum Gasteiger partial charge on any atom is 0.410 e. The number of alkyl halides is 3. The monoisotopic (exact) mass is 436 g/mol. The number of fused-ring (bicyclic) bond motifs is 1. The second-order valence-corrected chi connectivity index (χ2v) is 9.39. The summed E-state index contributed by atoms with van der Waals surface area (Å²) in [5, 5.41) is 7.63. The van der Waals surface area contributed by atoms with Crippen LogP contribution >= 0.6 is 0 Å². The van der Waals surface area contributed by atoms with Gasteiger partial charge in [-0.3, -0.25) is 4.79 Å². The number of carbonyl (C=O) groups is 1. The van der Waals surface area contributed by atoms with Gasteiger partial charge in [-0.2, -0.15) is 18.3 Å². The van der Waals surface area contributed by atoms with E-state index in [2.05, 4.69) is 20.4 Å². The molecule has 1 N–H and O–H groups in total. The summed E-state index contributed by atoms with van der Waals surface area (Å²) in [6, 6.07) is -0.754. The fourth-order valence-electron chi connectivity index (χ4n) is 4.38. The molecule has 4 rings (SSSR count). The standard InChI is InChI=1S/C21H27F3N6O/c1-20(2,3)16-9-17(21(22,23)24)30-18(27-16)8-14(28-30)15-6-4-5-7-29(15)19(31)13-10-25-12-26-11-13/h8,10-12,15-17,27H,4-7,9H2,1-3H3/t15-,16-,17+/m0/s1. The highest BCUT2D eigenvalue weighted by Crippen LogP contribution is 2.44. The zero-order chi connectivity index (χ0) is 22.4. The van der Waals surface area contributed by atoms with E-state index >= 15 is 0 Å². The van der Waals surface area contributed by atoms with Gasteiger partial charge < -0.3 is 10.2 Å². The van der Waals surface area contributed by atoms with Crippen molar-refractivity contribution in [1.82, 2.24) is 24.6 Å². The SMILES string of the molecule is CC(C)(C)[C@@H]1C[C@H](C(F)(F)F)n2nc([C@@H]3CCCCN3C(=O)c3cncnc3)cc2N1.